The number of nitrogens with one attached hydrogen (secondary N) is 1. The van der Waals surface area contributed by atoms with Gasteiger partial charge in [0.15, 0.2) is 0 Å². The zero-order chi connectivity index (χ0) is 18.5. The number of amides is 2. The highest BCUT2D eigenvalue weighted by atomic mass is 32.1. The Bertz CT molecular complexity index is 925. The number of hydrogen-bond acceptors (Lipinski definition) is 3. The molecular weight excluding hydrogens is 351 g/mol. The Hall–Kier alpha value is -2.99. The van der Waals surface area contributed by atoms with Gasteiger partial charge in [-0.1, -0.05) is 24.3 Å². The molecule has 4 nitrogen and oxygen atoms in total. The molecule has 1 N–H and O–H groups in total. The third kappa shape index (κ3) is 4.34. The van der Waals surface area contributed by atoms with Crippen LogP contribution in [0, 0.1) is 5.82 Å². The maximum Gasteiger partial charge on any atom is 0.265 e. The van der Waals surface area contributed by atoms with E-state index in [-0.39, 0.29) is 17.6 Å². The Balaban J connectivity index is 1.70. The van der Waals surface area contributed by atoms with E-state index in [1.165, 1.54) is 28.4 Å². The van der Waals surface area contributed by atoms with Crippen LogP contribution in [-0.2, 0) is 6.54 Å². The predicted molar refractivity (Wildman–Crippen MR) is 101 cm³/mol. The summed E-state index contributed by atoms with van der Waals surface area (Å²) in [5, 5.41) is 4.62. The number of carbonyl (C=O) groups excluding carboxylic acids is 2. The van der Waals surface area contributed by atoms with Crippen molar-refractivity contribution in [1.29, 1.82) is 0 Å². The Morgan fingerprint density at radius 3 is 2.62 bits per heavy atom. The molecule has 3 rings (SSSR count). The average molecular weight is 368 g/mol. The fraction of sp³-hybridized carbons (Fsp3) is 0.100. The van der Waals surface area contributed by atoms with Crippen molar-refractivity contribution < 1.29 is 14.0 Å². The van der Waals surface area contributed by atoms with Gasteiger partial charge >= 0.3 is 0 Å². The summed E-state index contributed by atoms with van der Waals surface area (Å²) in [6.07, 6.45) is 0. The lowest BCUT2D eigenvalue weighted by Crippen LogP contribution is -2.26. The van der Waals surface area contributed by atoms with E-state index in [2.05, 4.69) is 5.32 Å². The van der Waals surface area contributed by atoms with Crippen molar-refractivity contribution in [3.05, 3.63) is 87.9 Å². The van der Waals surface area contributed by atoms with Crippen LogP contribution in [0.4, 0.5) is 10.1 Å². The highest BCUT2D eigenvalue weighted by Crippen LogP contribution is 2.17. The van der Waals surface area contributed by atoms with Crippen molar-refractivity contribution in [3.8, 4) is 0 Å². The molecule has 0 aliphatic heterocycles. The lowest BCUT2D eigenvalue weighted by Gasteiger charge is -2.18. The van der Waals surface area contributed by atoms with Crippen LogP contribution in [-0.4, -0.2) is 23.8 Å². The minimum absolute atomic E-state index is 0.207. The van der Waals surface area contributed by atoms with E-state index >= 15 is 0 Å². The lowest BCUT2D eigenvalue weighted by molar-refractivity contribution is 0.0784. The Morgan fingerprint density at radius 1 is 1.08 bits per heavy atom. The molecule has 1 aromatic heterocycles. The molecule has 0 unspecified atom stereocenters. The fourth-order valence-corrected chi connectivity index (χ4v) is 3.15. The van der Waals surface area contributed by atoms with Crippen LogP contribution in [0.3, 0.4) is 0 Å². The summed E-state index contributed by atoms with van der Waals surface area (Å²) in [6, 6.07) is 16.5. The molecule has 3 aromatic rings. The van der Waals surface area contributed by atoms with Crippen LogP contribution in [0.25, 0.3) is 0 Å². The first-order valence-corrected chi connectivity index (χ1v) is 8.86. The minimum Gasteiger partial charge on any atom is -0.337 e. The van der Waals surface area contributed by atoms with E-state index in [0.29, 0.717) is 28.2 Å². The molecular formula is C20H17FN2O2S. The van der Waals surface area contributed by atoms with Gasteiger partial charge in [-0.3, -0.25) is 9.59 Å². The maximum atomic E-state index is 13.3. The molecule has 0 atom stereocenters. The molecule has 6 heteroatoms. The number of benzene rings is 2. The standard InChI is InChI=1S/C20H17FN2O2S/c1-23(13-14-5-2-7-16(21)11-14)20(25)15-6-3-8-17(12-15)22-19(24)18-9-4-10-26-18/h2-12H,13H2,1H3,(H,22,24). The molecule has 132 valence electrons. The quantitative estimate of drug-likeness (QED) is 0.725. The molecule has 0 radical (unpaired) electrons. The number of rotatable bonds is 5. The number of halogens is 1. The molecule has 0 spiro atoms. The highest BCUT2D eigenvalue weighted by Gasteiger charge is 2.14. The molecule has 26 heavy (non-hydrogen) atoms. The van der Waals surface area contributed by atoms with Crippen LogP contribution >= 0.6 is 11.3 Å². The number of hydrogen-bond donors (Lipinski definition) is 1. The monoisotopic (exact) mass is 368 g/mol. The molecule has 2 amide bonds. The van der Waals surface area contributed by atoms with Crippen LogP contribution in [0.2, 0.25) is 0 Å². The minimum atomic E-state index is -0.332. The summed E-state index contributed by atoms with van der Waals surface area (Å²) in [6.45, 7) is 0.294. The highest BCUT2D eigenvalue weighted by molar-refractivity contribution is 7.12. The second-order valence-electron chi connectivity index (χ2n) is 5.80. The normalized spacial score (nSPS) is 10.4. The van der Waals surface area contributed by atoms with E-state index < -0.39 is 0 Å². The Morgan fingerprint density at radius 2 is 1.88 bits per heavy atom. The smallest absolute Gasteiger partial charge is 0.265 e. The van der Waals surface area contributed by atoms with Crippen molar-refractivity contribution in [2.45, 2.75) is 6.54 Å². The number of nitrogens with zero attached hydrogens (tertiary/aromatic N) is 1. The first-order chi connectivity index (χ1) is 12.5. The van der Waals surface area contributed by atoms with Crippen LogP contribution in [0.1, 0.15) is 25.6 Å². The third-order valence-corrected chi connectivity index (χ3v) is 4.64. The van der Waals surface area contributed by atoms with Gasteiger partial charge in [0, 0.05) is 24.8 Å². The molecule has 2 aromatic carbocycles. The van der Waals surface area contributed by atoms with Crippen molar-refractivity contribution in [2.24, 2.45) is 0 Å². The van der Waals surface area contributed by atoms with Gasteiger partial charge in [-0.05, 0) is 47.3 Å². The second kappa shape index (κ2) is 7.93. The fourth-order valence-electron chi connectivity index (χ4n) is 2.53. The lowest BCUT2D eigenvalue weighted by atomic mass is 10.1. The van der Waals surface area contributed by atoms with E-state index in [1.54, 1.807) is 55.6 Å². The molecule has 0 aliphatic carbocycles. The molecule has 0 saturated carbocycles. The maximum absolute atomic E-state index is 13.3. The van der Waals surface area contributed by atoms with Gasteiger partial charge in [0.05, 0.1) is 4.88 Å². The second-order valence-corrected chi connectivity index (χ2v) is 6.75. The summed E-state index contributed by atoms with van der Waals surface area (Å²) in [5.74, 6) is -0.749. The average Bonchev–Trinajstić information content (AvgIpc) is 3.16. The summed E-state index contributed by atoms with van der Waals surface area (Å²) >= 11 is 1.35. The summed E-state index contributed by atoms with van der Waals surface area (Å²) < 4.78 is 13.3. The zero-order valence-corrected chi connectivity index (χ0v) is 14.9. The van der Waals surface area contributed by atoms with Crippen LogP contribution < -0.4 is 5.32 Å². The summed E-state index contributed by atoms with van der Waals surface area (Å²) in [5.41, 5.74) is 1.71. The molecule has 0 bridgehead atoms. The van der Waals surface area contributed by atoms with Crippen LogP contribution in [0.5, 0.6) is 0 Å². The largest absolute Gasteiger partial charge is 0.337 e. The van der Waals surface area contributed by atoms with Crippen molar-refractivity contribution >= 4 is 28.8 Å². The molecule has 0 fully saturated rings. The zero-order valence-electron chi connectivity index (χ0n) is 14.1. The van der Waals surface area contributed by atoms with Gasteiger partial charge in [0.25, 0.3) is 11.8 Å². The van der Waals surface area contributed by atoms with Gasteiger partial charge in [0.2, 0.25) is 0 Å². The van der Waals surface area contributed by atoms with Crippen molar-refractivity contribution in [1.82, 2.24) is 4.90 Å². The molecule has 1 heterocycles. The number of anilines is 1. The van der Waals surface area contributed by atoms with Gasteiger partial charge in [-0.25, -0.2) is 4.39 Å². The summed E-state index contributed by atoms with van der Waals surface area (Å²) in [7, 11) is 1.66. The van der Waals surface area contributed by atoms with E-state index in [4.69, 9.17) is 0 Å². The van der Waals surface area contributed by atoms with Gasteiger partial charge in [-0.15, -0.1) is 11.3 Å². The Labute approximate surface area is 154 Å². The van der Waals surface area contributed by atoms with Gasteiger partial charge < -0.3 is 10.2 Å². The molecule has 0 aliphatic rings. The molecule has 0 saturated heterocycles. The van der Waals surface area contributed by atoms with Crippen molar-refractivity contribution in [3.63, 3.8) is 0 Å². The first-order valence-electron chi connectivity index (χ1n) is 7.98. The third-order valence-electron chi connectivity index (χ3n) is 3.77. The van der Waals surface area contributed by atoms with E-state index in [0.717, 1.165) is 0 Å². The van der Waals surface area contributed by atoms with E-state index in [1.807, 2.05) is 5.38 Å². The van der Waals surface area contributed by atoms with Gasteiger partial charge in [0.1, 0.15) is 5.82 Å². The predicted octanol–water partition coefficient (Wildman–Crippen LogP) is 4.41. The van der Waals surface area contributed by atoms with E-state index in [9.17, 15) is 14.0 Å². The summed E-state index contributed by atoms with van der Waals surface area (Å²) in [4.78, 5) is 26.9. The number of carbonyl (C=O) groups is 2. The van der Waals surface area contributed by atoms with Crippen LogP contribution in [0.15, 0.2) is 66.0 Å². The first kappa shape index (κ1) is 17.8. The van der Waals surface area contributed by atoms with Gasteiger partial charge in [-0.2, -0.15) is 0 Å². The Kier molecular flexibility index (Phi) is 5.43. The number of thiophene rings is 1. The van der Waals surface area contributed by atoms with Crippen molar-refractivity contribution in [2.75, 3.05) is 12.4 Å². The SMILES string of the molecule is CN(Cc1cccc(F)c1)C(=O)c1cccc(NC(=O)c2cccs2)c1. The topological polar surface area (TPSA) is 49.4 Å².